The van der Waals surface area contributed by atoms with E-state index in [9.17, 15) is 9.59 Å². The SMILES string of the molecule is COc1cc(NC(=O)CCn2cnc3onc(-c4ccccc4)c3c2=O)cc(OC)c1. The van der Waals surface area contributed by atoms with Gasteiger partial charge < -0.3 is 19.3 Å². The van der Waals surface area contributed by atoms with Crippen molar-refractivity contribution < 1.29 is 18.8 Å². The summed E-state index contributed by atoms with van der Waals surface area (Å²) in [5, 5.41) is 7.07. The molecule has 4 aromatic rings. The molecule has 9 nitrogen and oxygen atoms in total. The van der Waals surface area contributed by atoms with Gasteiger partial charge in [0.25, 0.3) is 11.3 Å². The highest BCUT2D eigenvalue weighted by Crippen LogP contribution is 2.26. The van der Waals surface area contributed by atoms with E-state index in [4.69, 9.17) is 14.0 Å². The largest absolute Gasteiger partial charge is 0.497 e. The number of carbonyl (C=O) groups excluding carboxylic acids is 1. The molecule has 2 aromatic heterocycles. The van der Waals surface area contributed by atoms with Crippen molar-refractivity contribution in [3.05, 3.63) is 65.2 Å². The molecule has 2 heterocycles. The molecule has 0 aliphatic rings. The van der Waals surface area contributed by atoms with E-state index in [1.54, 1.807) is 18.2 Å². The molecule has 9 heteroatoms. The Morgan fingerprint density at radius 1 is 1.10 bits per heavy atom. The van der Waals surface area contributed by atoms with Crippen LogP contribution in [0.4, 0.5) is 5.69 Å². The van der Waals surface area contributed by atoms with Crippen LogP contribution in [0.5, 0.6) is 11.5 Å². The first-order valence-electron chi connectivity index (χ1n) is 9.52. The molecule has 31 heavy (non-hydrogen) atoms. The number of rotatable bonds is 7. The molecule has 2 aromatic carbocycles. The zero-order valence-electron chi connectivity index (χ0n) is 17.0. The molecule has 0 fully saturated rings. The van der Waals surface area contributed by atoms with Gasteiger partial charge in [0.2, 0.25) is 5.91 Å². The monoisotopic (exact) mass is 420 g/mol. The van der Waals surface area contributed by atoms with Crippen LogP contribution in [0.3, 0.4) is 0 Å². The van der Waals surface area contributed by atoms with E-state index in [0.717, 1.165) is 5.56 Å². The second-order valence-electron chi connectivity index (χ2n) is 6.72. The van der Waals surface area contributed by atoms with Crippen LogP contribution in [-0.2, 0) is 11.3 Å². The maximum atomic E-state index is 13.0. The number of ether oxygens (including phenoxy) is 2. The van der Waals surface area contributed by atoms with Crippen molar-refractivity contribution in [1.82, 2.24) is 14.7 Å². The number of hydrogen-bond donors (Lipinski definition) is 1. The smallest absolute Gasteiger partial charge is 0.266 e. The number of aryl methyl sites for hydroxylation is 1. The molecule has 4 rings (SSSR count). The summed E-state index contributed by atoms with van der Waals surface area (Å²) in [4.78, 5) is 29.6. The average molecular weight is 420 g/mol. The van der Waals surface area contributed by atoms with Gasteiger partial charge in [-0.2, -0.15) is 0 Å². The number of nitrogens with one attached hydrogen (secondary N) is 1. The molecule has 0 atom stereocenters. The Labute approximate surface area is 177 Å². The first kappa shape index (κ1) is 20.1. The molecule has 0 saturated carbocycles. The predicted molar refractivity (Wildman–Crippen MR) is 114 cm³/mol. The van der Waals surface area contributed by atoms with Gasteiger partial charge in [0.05, 0.1) is 14.2 Å². The lowest BCUT2D eigenvalue weighted by Gasteiger charge is -2.10. The van der Waals surface area contributed by atoms with Crippen molar-refractivity contribution in [3.8, 4) is 22.8 Å². The van der Waals surface area contributed by atoms with Crippen LogP contribution in [0.25, 0.3) is 22.4 Å². The Balaban J connectivity index is 1.52. The van der Waals surface area contributed by atoms with Crippen LogP contribution in [-0.4, -0.2) is 34.8 Å². The van der Waals surface area contributed by atoms with Gasteiger partial charge in [0.15, 0.2) is 0 Å². The van der Waals surface area contributed by atoms with Crippen molar-refractivity contribution in [1.29, 1.82) is 0 Å². The molecule has 0 spiro atoms. The van der Waals surface area contributed by atoms with Crippen LogP contribution in [0.15, 0.2) is 64.2 Å². The van der Waals surface area contributed by atoms with Gasteiger partial charge >= 0.3 is 0 Å². The zero-order chi connectivity index (χ0) is 21.8. The number of fused-ring (bicyclic) bond motifs is 1. The number of hydrogen-bond acceptors (Lipinski definition) is 7. The third-order valence-electron chi connectivity index (χ3n) is 4.73. The van der Waals surface area contributed by atoms with Crippen molar-refractivity contribution in [3.63, 3.8) is 0 Å². The summed E-state index contributed by atoms with van der Waals surface area (Å²) in [6, 6.07) is 14.3. The van der Waals surface area contributed by atoms with Crippen molar-refractivity contribution in [2.45, 2.75) is 13.0 Å². The van der Waals surface area contributed by atoms with Crippen LogP contribution < -0.4 is 20.3 Å². The van der Waals surface area contributed by atoms with E-state index < -0.39 is 0 Å². The fourth-order valence-electron chi connectivity index (χ4n) is 3.16. The minimum absolute atomic E-state index is 0.0680. The highest BCUT2D eigenvalue weighted by Gasteiger charge is 2.17. The summed E-state index contributed by atoms with van der Waals surface area (Å²) < 4.78 is 17.0. The molecular weight excluding hydrogens is 400 g/mol. The van der Waals surface area contributed by atoms with Gasteiger partial charge in [-0.3, -0.25) is 14.2 Å². The summed E-state index contributed by atoms with van der Waals surface area (Å²) in [5.41, 5.74) is 1.56. The van der Waals surface area contributed by atoms with Gasteiger partial charge in [0.1, 0.15) is 28.9 Å². The van der Waals surface area contributed by atoms with Gasteiger partial charge in [-0.25, -0.2) is 4.98 Å². The second-order valence-corrected chi connectivity index (χ2v) is 6.72. The lowest BCUT2D eigenvalue weighted by molar-refractivity contribution is -0.116. The Hall–Kier alpha value is -4.14. The fraction of sp³-hybridized carbons (Fsp3) is 0.182. The number of methoxy groups -OCH3 is 2. The quantitative estimate of drug-likeness (QED) is 0.489. The van der Waals surface area contributed by atoms with Crippen molar-refractivity contribution in [2.75, 3.05) is 19.5 Å². The number of aromatic nitrogens is 3. The molecule has 1 N–H and O–H groups in total. The molecule has 0 saturated heterocycles. The third kappa shape index (κ3) is 4.25. The van der Waals surface area contributed by atoms with E-state index >= 15 is 0 Å². The first-order chi connectivity index (χ1) is 15.1. The number of nitrogens with zero attached hydrogens (tertiary/aromatic N) is 3. The number of carbonyl (C=O) groups is 1. The summed E-state index contributed by atoms with van der Waals surface area (Å²) >= 11 is 0. The zero-order valence-corrected chi connectivity index (χ0v) is 17.0. The molecule has 0 aliphatic heterocycles. The van der Waals surface area contributed by atoms with Gasteiger partial charge in [0, 0.05) is 42.4 Å². The first-order valence-corrected chi connectivity index (χ1v) is 9.52. The van der Waals surface area contributed by atoms with Gasteiger partial charge in [-0.1, -0.05) is 35.5 Å². The van der Waals surface area contributed by atoms with E-state index in [0.29, 0.717) is 22.9 Å². The summed E-state index contributed by atoms with van der Waals surface area (Å²) in [6.07, 6.45) is 1.42. The lowest BCUT2D eigenvalue weighted by Crippen LogP contribution is -2.23. The number of anilines is 1. The van der Waals surface area contributed by atoms with E-state index in [2.05, 4.69) is 15.5 Å². The molecule has 158 valence electrons. The van der Waals surface area contributed by atoms with Crippen LogP contribution in [0.1, 0.15) is 6.42 Å². The van der Waals surface area contributed by atoms with E-state index in [1.165, 1.54) is 25.1 Å². The minimum atomic E-state index is -0.319. The minimum Gasteiger partial charge on any atom is -0.497 e. The van der Waals surface area contributed by atoms with E-state index in [-0.39, 0.29) is 35.5 Å². The molecule has 0 aliphatic carbocycles. The fourth-order valence-corrected chi connectivity index (χ4v) is 3.16. The predicted octanol–water partition coefficient (Wildman–Crippen LogP) is 3.10. The van der Waals surface area contributed by atoms with Crippen LogP contribution in [0.2, 0.25) is 0 Å². The number of amides is 1. The van der Waals surface area contributed by atoms with Gasteiger partial charge in [-0.15, -0.1) is 0 Å². The third-order valence-corrected chi connectivity index (χ3v) is 4.73. The molecule has 0 bridgehead atoms. The van der Waals surface area contributed by atoms with Crippen LogP contribution >= 0.6 is 0 Å². The molecular formula is C22H20N4O5. The Kier molecular flexibility index (Phi) is 5.65. The molecule has 0 unspecified atom stereocenters. The number of benzene rings is 2. The maximum Gasteiger partial charge on any atom is 0.266 e. The summed E-state index contributed by atoms with van der Waals surface area (Å²) in [5.74, 6) is 0.846. The van der Waals surface area contributed by atoms with E-state index in [1.807, 2.05) is 30.3 Å². The Morgan fingerprint density at radius 2 is 1.81 bits per heavy atom. The van der Waals surface area contributed by atoms with Gasteiger partial charge in [-0.05, 0) is 0 Å². The lowest BCUT2D eigenvalue weighted by atomic mass is 10.1. The Bertz CT molecular complexity index is 1260. The second kappa shape index (κ2) is 8.70. The summed E-state index contributed by atoms with van der Waals surface area (Å²) in [7, 11) is 3.06. The summed E-state index contributed by atoms with van der Waals surface area (Å²) in [6.45, 7) is 0.147. The molecule has 1 amide bonds. The highest BCUT2D eigenvalue weighted by molar-refractivity contribution is 5.91. The topological polar surface area (TPSA) is 108 Å². The molecule has 0 radical (unpaired) electrons. The van der Waals surface area contributed by atoms with Crippen molar-refractivity contribution >= 4 is 22.7 Å². The Morgan fingerprint density at radius 3 is 2.48 bits per heavy atom. The van der Waals surface area contributed by atoms with Crippen molar-refractivity contribution in [2.24, 2.45) is 0 Å². The standard InChI is InChI=1S/C22H20N4O5/c1-29-16-10-15(11-17(12-16)30-2)24-18(27)8-9-26-13-23-21-19(22(26)28)20(25-31-21)14-6-4-3-5-7-14/h3-7,10-13H,8-9H2,1-2H3,(H,24,27). The highest BCUT2D eigenvalue weighted by atomic mass is 16.5. The maximum absolute atomic E-state index is 13.0. The van der Waals surface area contributed by atoms with Crippen LogP contribution in [0, 0.1) is 0 Å². The normalized spacial score (nSPS) is 10.8. The average Bonchev–Trinajstić information content (AvgIpc) is 3.24.